The minimum Gasteiger partial charge on any atom is -0.463 e. The molecule has 0 aliphatic carbocycles. The van der Waals surface area contributed by atoms with E-state index in [1.807, 2.05) is 0 Å². The van der Waals surface area contributed by atoms with Crippen molar-refractivity contribution in [1.29, 1.82) is 0 Å². The molecule has 0 aliphatic rings. The number of carbonyl (C=O) groups excluding carboxylic acids is 1. The second-order valence-corrected chi connectivity index (χ2v) is 5.35. The lowest BCUT2D eigenvalue weighted by Crippen LogP contribution is -2.14. The van der Waals surface area contributed by atoms with Crippen molar-refractivity contribution < 1.29 is 23.7 Å². The molecule has 0 radical (unpaired) electrons. The van der Waals surface area contributed by atoms with Crippen molar-refractivity contribution in [3.63, 3.8) is 0 Å². The maximum Gasteiger partial charge on any atom is 0.305 e. The zero-order chi connectivity index (χ0) is 15.6. The molecule has 0 aromatic rings. The molecule has 0 unspecified atom stereocenters. The smallest absolute Gasteiger partial charge is 0.305 e. The van der Waals surface area contributed by atoms with E-state index in [4.69, 9.17) is 18.9 Å². The van der Waals surface area contributed by atoms with Crippen LogP contribution in [0, 0.1) is 0 Å². The van der Waals surface area contributed by atoms with E-state index in [1.165, 1.54) is 12.8 Å². The number of hydrogen-bond donors (Lipinski definition) is 0. The lowest BCUT2D eigenvalue weighted by atomic mass is 10.2. The molecule has 0 aromatic carbocycles. The normalized spacial score (nSPS) is 10.8. The van der Waals surface area contributed by atoms with E-state index in [1.54, 1.807) is 0 Å². The Morgan fingerprint density at radius 2 is 1.38 bits per heavy atom. The molecule has 0 aromatic heterocycles. The van der Waals surface area contributed by atoms with E-state index in [9.17, 15) is 4.79 Å². The summed E-state index contributed by atoms with van der Waals surface area (Å²) in [5.74, 6) is -0.130. The van der Waals surface area contributed by atoms with Gasteiger partial charge in [0.15, 0.2) is 0 Å². The topological polar surface area (TPSA) is 54.0 Å². The van der Waals surface area contributed by atoms with Gasteiger partial charge in [-0.25, -0.2) is 0 Å². The van der Waals surface area contributed by atoms with E-state index in [2.05, 4.69) is 22.9 Å². The molecule has 0 bridgehead atoms. The van der Waals surface area contributed by atoms with Gasteiger partial charge in [0.1, 0.15) is 6.61 Å². The van der Waals surface area contributed by atoms with Crippen molar-refractivity contribution in [1.82, 2.24) is 0 Å². The molecule has 5 nitrogen and oxygen atoms in total. The molecule has 21 heavy (non-hydrogen) atoms. The first-order chi connectivity index (χ1) is 10.3. The van der Waals surface area contributed by atoms with Gasteiger partial charge in [0, 0.05) is 11.8 Å². The SMILES string of the molecule is CCCCCCC(=O)OCCOCCOCCOCCBr. The first kappa shape index (κ1) is 20.8. The number of hydrogen-bond acceptors (Lipinski definition) is 5. The summed E-state index contributed by atoms with van der Waals surface area (Å²) in [5.41, 5.74) is 0. The maximum atomic E-state index is 11.3. The van der Waals surface area contributed by atoms with Crippen LogP contribution in [0.3, 0.4) is 0 Å². The molecule has 6 heteroatoms. The highest BCUT2D eigenvalue weighted by Gasteiger charge is 2.01. The molecule has 0 spiro atoms. The minimum absolute atomic E-state index is 0.130. The third kappa shape index (κ3) is 17.8. The van der Waals surface area contributed by atoms with Gasteiger partial charge < -0.3 is 18.9 Å². The maximum absolute atomic E-state index is 11.3. The Bertz CT molecular complexity index is 226. The monoisotopic (exact) mass is 368 g/mol. The second-order valence-electron chi connectivity index (χ2n) is 4.56. The molecule has 0 rings (SSSR count). The van der Waals surface area contributed by atoms with Crippen LogP contribution >= 0.6 is 15.9 Å². The Morgan fingerprint density at radius 1 is 0.810 bits per heavy atom. The zero-order valence-electron chi connectivity index (χ0n) is 13.1. The van der Waals surface area contributed by atoms with Crippen molar-refractivity contribution in [2.24, 2.45) is 0 Å². The fraction of sp³-hybridized carbons (Fsp3) is 0.933. The van der Waals surface area contributed by atoms with Crippen molar-refractivity contribution in [3.8, 4) is 0 Å². The molecule has 126 valence electrons. The van der Waals surface area contributed by atoms with Gasteiger partial charge in [-0.05, 0) is 6.42 Å². The van der Waals surface area contributed by atoms with E-state index in [0.29, 0.717) is 52.7 Å². The molecule has 0 fully saturated rings. The van der Waals surface area contributed by atoms with Gasteiger partial charge in [0.2, 0.25) is 0 Å². The first-order valence-electron chi connectivity index (χ1n) is 7.76. The molecule has 0 saturated carbocycles. The zero-order valence-corrected chi connectivity index (χ0v) is 14.7. The van der Waals surface area contributed by atoms with Crippen LogP contribution in [-0.2, 0) is 23.7 Å². The number of ether oxygens (including phenoxy) is 4. The summed E-state index contributed by atoms with van der Waals surface area (Å²) in [7, 11) is 0. The summed E-state index contributed by atoms with van der Waals surface area (Å²) in [5, 5.41) is 0.841. The predicted octanol–water partition coefficient (Wildman–Crippen LogP) is 2.94. The molecule has 0 atom stereocenters. The Morgan fingerprint density at radius 3 is 1.95 bits per heavy atom. The molecule has 0 N–H and O–H groups in total. The Balaban J connectivity index is 3.09. The molecule has 0 heterocycles. The lowest BCUT2D eigenvalue weighted by Gasteiger charge is -2.07. The average molecular weight is 369 g/mol. The van der Waals surface area contributed by atoms with E-state index >= 15 is 0 Å². The van der Waals surface area contributed by atoms with Crippen LogP contribution in [-0.4, -0.2) is 57.5 Å². The van der Waals surface area contributed by atoms with E-state index in [0.717, 1.165) is 18.2 Å². The van der Waals surface area contributed by atoms with Crippen molar-refractivity contribution in [2.45, 2.75) is 39.0 Å². The summed E-state index contributed by atoms with van der Waals surface area (Å²) in [6, 6.07) is 0. The van der Waals surface area contributed by atoms with E-state index < -0.39 is 0 Å². The largest absolute Gasteiger partial charge is 0.463 e. The highest BCUT2D eigenvalue weighted by molar-refractivity contribution is 9.09. The predicted molar refractivity (Wildman–Crippen MR) is 86.0 cm³/mol. The summed E-state index contributed by atoms with van der Waals surface area (Å²) in [6.45, 7) is 5.80. The third-order valence-electron chi connectivity index (χ3n) is 2.69. The second kappa shape index (κ2) is 17.9. The van der Waals surface area contributed by atoms with Crippen LogP contribution in [0.2, 0.25) is 0 Å². The van der Waals surface area contributed by atoms with Crippen LogP contribution in [0.15, 0.2) is 0 Å². The fourth-order valence-corrected chi connectivity index (χ4v) is 1.81. The van der Waals surface area contributed by atoms with Gasteiger partial charge in [-0.3, -0.25) is 4.79 Å². The van der Waals surface area contributed by atoms with Crippen molar-refractivity contribution >= 4 is 21.9 Å². The minimum atomic E-state index is -0.130. The first-order valence-corrected chi connectivity index (χ1v) is 8.88. The summed E-state index contributed by atoms with van der Waals surface area (Å²) >= 11 is 3.28. The van der Waals surface area contributed by atoms with E-state index in [-0.39, 0.29) is 5.97 Å². The molecule has 0 aliphatic heterocycles. The van der Waals surface area contributed by atoms with Crippen molar-refractivity contribution in [3.05, 3.63) is 0 Å². The van der Waals surface area contributed by atoms with Gasteiger partial charge in [0.25, 0.3) is 0 Å². The number of unbranched alkanes of at least 4 members (excludes halogenated alkanes) is 3. The van der Waals surface area contributed by atoms with Gasteiger partial charge in [-0.1, -0.05) is 42.1 Å². The molecule has 0 saturated heterocycles. The average Bonchev–Trinajstić information content (AvgIpc) is 2.49. The van der Waals surface area contributed by atoms with Crippen LogP contribution in [0.4, 0.5) is 0 Å². The van der Waals surface area contributed by atoms with Crippen LogP contribution in [0.5, 0.6) is 0 Å². The number of halogens is 1. The van der Waals surface area contributed by atoms with Crippen LogP contribution < -0.4 is 0 Å². The van der Waals surface area contributed by atoms with Crippen LogP contribution in [0.1, 0.15) is 39.0 Å². The van der Waals surface area contributed by atoms with Gasteiger partial charge in [-0.15, -0.1) is 0 Å². The quantitative estimate of drug-likeness (QED) is 0.238. The fourth-order valence-electron chi connectivity index (χ4n) is 1.58. The number of carbonyl (C=O) groups is 1. The Kier molecular flexibility index (Phi) is 17.7. The van der Waals surface area contributed by atoms with Gasteiger partial charge in [0.05, 0.1) is 39.6 Å². The van der Waals surface area contributed by atoms with Crippen molar-refractivity contribution in [2.75, 3.05) is 51.6 Å². The Hall–Kier alpha value is -0.170. The summed E-state index contributed by atoms with van der Waals surface area (Å²) < 4.78 is 20.9. The highest BCUT2D eigenvalue weighted by atomic mass is 79.9. The molecule has 0 amide bonds. The standard InChI is InChI=1S/C15H29BrO5/c1-2-3-4-5-6-15(17)21-14-13-20-12-11-19-10-9-18-8-7-16/h2-14H2,1H3. The van der Waals surface area contributed by atoms with Gasteiger partial charge in [-0.2, -0.15) is 0 Å². The number of alkyl halides is 1. The Labute approximate surface area is 136 Å². The molecular weight excluding hydrogens is 340 g/mol. The summed E-state index contributed by atoms with van der Waals surface area (Å²) in [4.78, 5) is 11.3. The van der Waals surface area contributed by atoms with Crippen LogP contribution in [0.25, 0.3) is 0 Å². The third-order valence-corrected chi connectivity index (χ3v) is 3.01. The molecular formula is C15H29BrO5. The summed E-state index contributed by atoms with van der Waals surface area (Å²) in [6.07, 6.45) is 4.87. The number of esters is 1. The lowest BCUT2D eigenvalue weighted by molar-refractivity contribution is -0.145. The van der Waals surface area contributed by atoms with Gasteiger partial charge >= 0.3 is 5.97 Å². The number of rotatable bonds is 16. The highest BCUT2D eigenvalue weighted by Crippen LogP contribution is 2.03.